The number of anilines is 1. The van der Waals surface area contributed by atoms with E-state index in [2.05, 4.69) is 16.0 Å². The smallest absolute Gasteiger partial charge is 0.263 e. The van der Waals surface area contributed by atoms with Gasteiger partial charge in [0.05, 0.1) is 6.04 Å². The molecule has 1 spiro atoms. The molecule has 2 aliphatic heterocycles. The third kappa shape index (κ3) is 5.04. The average molecular weight is 625 g/mol. The van der Waals surface area contributed by atoms with E-state index in [-0.39, 0.29) is 30.2 Å². The van der Waals surface area contributed by atoms with E-state index in [0.717, 1.165) is 19.3 Å². The number of ether oxygens (including phenoxy) is 1. The fourth-order valence-electron chi connectivity index (χ4n) is 6.56. The lowest BCUT2D eigenvalue weighted by Crippen LogP contribution is -2.57. The fourth-order valence-corrected chi connectivity index (χ4v) is 6.91. The molecule has 3 aromatic carbocycles. The molecule has 0 bridgehead atoms. The molecule has 43 heavy (non-hydrogen) atoms. The molecule has 1 saturated carbocycles. The van der Waals surface area contributed by atoms with Gasteiger partial charge in [0.2, 0.25) is 11.8 Å². The third-order valence-electron chi connectivity index (χ3n) is 9.00. The molecule has 3 aromatic rings. The van der Waals surface area contributed by atoms with Gasteiger partial charge in [-0.05, 0) is 99.2 Å². The summed E-state index contributed by atoms with van der Waals surface area (Å²) in [5.74, 6) is -1.95. The molecule has 3 atom stereocenters. The predicted molar refractivity (Wildman–Crippen MR) is 163 cm³/mol. The number of rotatable bonds is 6. The zero-order valence-corrected chi connectivity index (χ0v) is 25.5. The first-order valence-corrected chi connectivity index (χ1v) is 15.1. The zero-order chi connectivity index (χ0) is 30.7. The van der Waals surface area contributed by atoms with Crippen LogP contribution < -0.4 is 20.7 Å². The molecule has 224 valence electrons. The topological polar surface area (TPSA) is 96.5 Å². The largest absolute Gasteiger partial charge is 0.478 e. The summed E-state index contributed by atoms with van der Waals surface area (Å²) in [5, 5.41) is 9.83. The Bertz CT molecular complexity index is 1660. The van der Waals surface area contributed by atoms with Crippen molar-refractivity contribution in [1.82, 2.24) is 10.6 Å². The van der Waals surface area contributed by atoms with Gasteiger partial charge < -0.3 is 20.7 Å². The Hall–Kier alpha value is -3.62. The Balaban J connectivity index is 1.54. The summed E-state index contributed by atoms with van der Waals surface area (Å²) in [5.41, 5.74) is 0.0660. The van der Waals surface area contributed by atoms with Crippen LogP contribution in [0.5, 0.6) is 5.75 Å². The number of carbonyl (C=O) groups is 3. The van der Waals surface area contributed by atoms with E-state index in [1.54, 1.807) is 56.3 Å². The van der Waals surface area contributed by atoms with Gasteiger partial charge in [-0.3, -0.25) is 14.4 Å². The van der Waals surface area contributed by atoms with E-state index in [1.807, 2.05) is 6.92 Å². The van der Waals surface area contributed by atoms with Crippen molar-refractivity contribution in [3.8, 4) is 5.75 Å². The van der Waals surface area contributed by atoms with Crippen molar-refractivity contribution in [3.63, 3.8) is 0 Å². The minimum Gasteiger partial charge on any atom is -0.478 e. The molecule has 2 fully saturated rings. The first kappa shape index (κ1) is 29.5. The van der Waals surface area contributed by atoms with Crippen LogP contribution in [0.2, 0.25) is 10.0 Å². The predicted octanol–water partition coefficient (Wildman–Crippen LogP) is 6.50. The molecule has 3 amide bonds. The van der Waals surface area contributed by atoms with Crippen molar-refractivity contribution in [3.05, 3.63) is 92.7 Å². The van der Waals surface area contributed by atoms with Crippen LogP contribution >= 0.6 is 23.2 Å². The average Bonchev–Trinajstić information content (AvgIpc) is 3.20. The number of hydrogen-bond acceptors (Lipinski definition) is 4. The molecule has 2 heterocycles. The van der Waals surface area contributed by atoms with Crippen LogP contribution in [-0.2, 0) is 19.8 Å². The second-order valence-corrected chi connectivity index (χ2v) is 13.0. The molecule has 3 unspecified atom stereocenters. The number of aryl methyl sites for hydroxylation is 1. The molecule has 7 nitrogen and oxygen atoms in total. The summed E-state index contributed by atoms with van der Waals surface area (Å²) in [7, 11) is 0. The highest BCUT2D eigenvalue weighted by Crippen LogP contribution is 2.59. The Kier molecular flexibility index (Phi) is 7.42. The van der Waals surface area contributed by atoms with Crippen LogP contribution in [0.1, 0.15) is 73.7 Å². The lowest BCUT2D eigenvalue weighted by molar-refractivity contribution is -0.136. The van der Waals surface area contributed by atoms with Gasteiger partial charge in [0.15, 0.2) is 5.60 Å². The molecule has 1 aliphatic carbocycles. The van der Waals surface area contributed by atoms with Gasteiger partial charge in [-0.15, -0.1) is 0 Å². The van der Waals surface area contributed by atoms with Crippen molar-refractivity contribution >= 4 is 46.6 Å². The van der Waals surface area contributed by atoms with Crippen molar-refractivity contribution in [2.45, 2.75) is 75.5 Å². The number of amides is 3. The maximum Gasteiger partial charge on any atom is 0.263 e. The number of nitrogens with one attached hydrogen (secondary N) is 3. The van der Waals surface area contributed by atoms with Crippen LogP contribution in [0.4, 0.5) is 10.1 Å². The van der Waals surface area contributed by atoms with Crippen molar-refractivity contribution in [2.75, 3.05) is 5.32 Å². The van der Waals surface area contributed by atoms with Gasteiger partial charge in [-0.2, -0.15) is 0 Å². The van der Waals surface area contributed by atoms with Crippen LogP contribution in [0.25, 0.3) is 0 Å². The van der Waals surface area contributed by atoms with Crippen LogP contribution in [-0.4, -0.2) is 29.4 Å². The molecule has 6 rings (SSSR count). The summed E-state index contributed by atoms with van der Waals surface area (Å²) in [6, 6.07) is 13.6. The first-order valence-electron chi connectivity index (χ1n) is 14.4. The van der Waals surface area contributed by atoms with E-state index >= 15 is 0 Å². The molecule has 3 aliphatic rings. The highest BCUT2D eigenvalue weighted by molar-refractivity contribution is 6.31. The Labute approximate surface area is 259 Å². The molecular formula is C33H32Cl2FN3O4. The van der Waals surface area contributed by atoms with Crippen molar-refractivity contribution in [1.29, 1.82) is 0 Å². The first-order chi connectivity index (χ1) is 20.4. The van der Waals surface area contributed by atoms with Gasteiger partial charge in [-0.25, -0.2) is 4.39 Å². The molecule has 3 N–H and O–H groups in total. The number of hydrogen-bond donors (Lipinski definition) is 3. The molecule has 0 radical (unpaired) electrons. The normalized spacial score (nSPS) is 23.3. The van der Waals surface area contributed by atoms with Crippen LogP contribution in [0.15, 0.2) is 54.6 Å². The zero-order valence-electron chi connectivity index (χ0n) is 24.0. The summed E-state index contributed by atoms with van der Waals surface area (Å²) in [6.07, 6.45) is 2.83. The number of fused-ring (bicyclic) bond motifs is 2. The quantitative estimate of drug-likeness (QED) is 0.292. The summed E-state index contributed by atoms with van der Waals surface area (Å²) < 4.78 is 21.2. The second-order valence-electron chi connectivity index (χ2n) is 12.2. The SMILES string of the molecule is Cc1ccc(F)cc1C1NC(=O)CC(c2cc(Cl)ccc2OC(C)(C)C(=O)NC2CCC2)C12C(=O)Nc1cc(Cl)ccc12. The van der Waals surface area contributed by atoms with Gasteiger partial charge >= 0.3 is 0 Å². The Morgan fingerprint density at radius 1 is 1.02 bits per heavy atom. The number of carbonyl (C=O) groups excluding carboxylic acids is 3. The van der Waals surface area contributed by atoms with Crippen molar-refractivity contribution in [2.24, 2.45) is 0 Å². The van der Waals surface area contributed by atoms with E-state index in [0.29, 0.717) is 43.7 Å². The summed E-state index contributed by atoms with van der Waals surface area (Å²) >= 11 is 12.9. The van der Waals surface area contributed by atoms with Crippen LogP contribution in [0, 0.1) is 12.7 Å². The lowest BCUT2D eigenvalue weighted by Gasteiger charge is -2.47. The van der Waals surface area contributed by atoms with Gasteiger partial charge in [0.25, 0.3) is 5.91 Å². The number of halogens is 3. The minimum atomic E-state index is -1.44. The lowest BCUT2D eigenvalue weighted by atomic mass is 9.59. The second kappa shape index (κ2) is 10.8. The van der Waals surface area contributed by atoms with Crippen LogP contribution in [0.3, 0.4) is 0 Å². The molecule has 10 heteroatoms. The van der Waals surface area contributed by atoms with E-state index in [1.165, 1.54) is 12.1 Å². The minimum absolute atomic E-state index is 0.0915. The standard InChI is InChI=1S/C33H32Cl2FN3O4/c1-17-7-10-20(36)15-22(17)29-33(24-11-8-19(35)14-26(24)38-31(33)42)25(16-28(40)39-29)23-13-18(34)9-12-27(23)43-32(2,3)30(41)37-21-5-4-6-21/h7-15,21,25,29H,4-6,16H2,1-3H3,(H,37,41)(H,38,42)(H,39,40). The molecule has 1 saturated heterocycles. The fraction of sp³-hybridized carbons (Fsp3) is 0.364. The summed E-state index contributed by atoms with van der Waals surface area (Å²) in [6.45, 7) is 5.17. The Morgan fingerprint density at radius 2 is 1.74 bits per heavy atom. The highest BCUT2D eigenvalue weighted by atomic mass is 35.5. The third-order valence-corrected chi connectivity index (χ3v) is 9.47. The van der Waals surface area contributed by atoms with E-state index in [4.69, 9.17) is 27.9 Å². The number of benzene rings is 3. The number of piperidine rings is 1. The van der Waals surface area contributed by atoms with Gasteiger partial charge in [-0.1, -0.05) is 35.3 Å². The van der Waals surface area contributed by atoms with Crippen molar-refractivity contribution < 1.29 is 23.5 Å². The van der Waals surface area contributed by atoms with Gasteiger partial charge in [0.1, 0.15) is 17.0 Å². The summed E-state index contributed by atoms with van der Waals surface area (Å²) in [4.78, 5) is 41.1. The molecule has 0 aromatic heterocycles. The maximum atomic E-state index is 14.7. The maximum absolute atomic E-state index is 14.7. The van der Waals surface area contributed by atoms with E-state index in [9.17, 15) is 18.8 Å². The van der Waals surface area contributed by atoms with E-state index < -0.39 is 28.8 Å². The van der Waals surface area contributed by atoms with Gasteiger partial charge in [0, 0.05) is 39.7 Å². The Morgan fingerprint density at radius 3 is 2.47 bits per heavy atom. The monoisotopic (exact) mass is 623 g/mol. The highest BCUT2D eigenvalue weighted by Gasteiger charge is 2.62. The molecular weight excluding hydrogens is 592 g/mol.